The van der Waals surface area contributed by atoms with Crippen LogP contribution < -0.4 is 5.73 Å². The van der Waals surface area contributed by atoms with Crippen molar-refractivity contribution in [3.05, 3.63) is 28.5 Å². The smallest absolute Gasteiger partial charge is 0.273 e. The van der Waals surface area contributed by atoms with Crippen molar-refractivity contribution in [2.24, 2.45) is 5.73 Å². The highest BCUT2D eigenvalue weighted by molar-refractivity contribution is 9.10. The van der Waals surface area contributed by atoms with E-state index >= 15 is 0 Å². The predicted octanol–water partition coefficient (Wildman–Crippen LogP) is 1.83. The Morgan fingerprint density at radius 2 is 2.35 bits per heavy atom. The molecule has 1 fully saturated rings. The first-order valence-corrected chi connectivity index (χ1v) is 6.13. The van der Waals surface area contributed by atoms with E-state index in [0.717, 1.165) is 23.9 Å². The van der Waals surface area contributed by atoms with Gasteiger partial charge < -0.3 is 10.6 Å². The highest BCUT2D eigenvalue weighted by atomic mass is 79.9. The molecule has 0 spiro atoms. The average Bonchev–Trinajstić information content (AvgIpc) is 2.29. The van der Waals surface area contributed by atoms with Crippen LogP contribution in [0.3, 0.4) is 0 Å². The number of piperidine rings is 1. The summed E-state index contributed by atoms with van der Waals surface area (Å²) in [5.41, 5.74) is 6.32. The second kappa shape index (κ2) is 6.33. The summed E-state index contributed by atoms with van der Waals surface area (Å²) in [6, 6.07) is 3.72. The minimum absolute atomic E-state index is 0. The largest absolute Gasteiger partial charge is 0.336 e. The molecule has 0 aliphatic carbocycles. The molecular formula is C11H15BrClN3O. The average molecular weight is 321 g/mol. The van der Waals surface area contributed by atoms with Gasteiger partial charge in [0.05, 0.1) is 0 Å². The van der Waals surface area contributed by atoms with Crippen LogP contribution in [0.25, 0.3) is 0 Å². The second-order valence-electron chi connectivity index (χ2n) is 3.99. The number of pyridine rings is 1. The van der Waals surface area contributed by atoms with Crippen LogP contribution in [0.1, 0.15) is 23.3 Å². The molecule has 94 valence electrons. The van der Waals surface area contributed by atoms with E-state index in [1.807, 2.05) is 6.07 Å². The van der Waals surface area contributed by atoms with Gasteiger partial charge in [0, 0.05) is 29.8 Å². The fourth-order valence-corrected chi connectivity index (χ4v) is 2.31. The third-order valence-corrected chi connectivity index (χ3v) is 3.35. The van der Waals surface area contributed by atoms with E-state index in [4.69, 9.17) is 5.73 Å². The van der Waals surface area contributed by atoms with Crippen molar-refractivity contribution >= 4 is 34.2 Å². The van der Waals surface area contributed by atoms with E-state index in [1.165, 1.54) is 0 Å². The number of amides is 1. The summed E-state index contributed by atoms with van der Waals surface area (Å²) >= 11 is 3.34. The molecule has 0 radical (unpaired) electrons. The van der Waals surface area contributed by atoms with E-state index in [1.54, 1.807) is 17.2 Å². The number of rotatable bonds is 1. The fourth-order valence-electron chi connectivity index (χ4n) is 1.89. The summed E-state index contributed by atoms with van der Waals surface area (Å²) < 4.78 is 0.735. The van der Waals surface area contributed by atoms with Crippen LogP contribution in [-0.4, -0.2) is 34.9 Å². The highest BCUT2D eigenvalue weighted by Gasteiger charge is 2.24. The van der Waals surface area contributed by atoms with E-state index in [0.29, 0.717) is 12.2 Å². The molecule has 6 heteroatoms. The molecule has 1 aliphatic heterocycles. The van der Waals surface area contributed by atoms with Gasteiger partial charge in [0.2, 0.25) is 0 Å². The molecule has 1 amide bonds. The van der Waals surface area contributed by atoms with E-state index in [-0.39, 0.29) is 24.4 Å². The van der Waals surface area contributed by atoms with Crippen molar-refractivity contribution in [3.8, 4) is 0 Å². The second-order valence-corrected chi connectivity index (χ2v) is 4.84. The Balaban J connectivity index is 0.00000144. The first-order valence-electron chi connectivity index (χ1n) is 5.34. The van der Waals surface area contributed by atoms with Crippen LogP contribution in [0, 0.1) is 0 Å². The summed E-state index contributed by atoms with van der Waals surface area (Å²) in [6.07, 6.45) is 3.59. The standard InChI is InChI=1S/C11H14BrN3O.ClH/c12-9-4-1-5-14-10(9)11(16)15-6-2-3-8(13)7-15;/h1,4-5,8H,2-3,6-7,13H2;1H/t8-;/m1./s1. The van der Waals surface area contributed by atoms with Gasteiger partial charge in [-0.3, -0.25) is 4.79 Å². The van der Waals surface area contributed by atoms with Crippen LogP contribution in [0.4, 0.5) is 0 Å². The third kappa shape index (κ3) is 3.40. The summed E-state index contributed by atoms with van der Waals surface area (Å²) in [5, 5.41) is 0. The number of nitrogens with two attached hydrogens (primary N) is 1. The molecule has 1 aliphatic rings. The minimum Gasteiger partial charge on any atom is -0.336 e. The number of carbonyl (C=O) groups is 1. The zero-order valence-electron chi connectivity index (χ0n) is 9.30. The normalized spacial score (nSPS) is 19.6. The van der Waals surface area contributed by atoms with Crippen LogP contribution in [0.15, 0.2) is 22.8 Å². The molecule has 1 aromatic rings. The molecule has 0 bridgehead atoms. The summed E-state index contributed by atoms with van der Waals surface area (Å²) in [6.45, 7) is 1.40. The van der Waals surface area contributed by atoms with Gasteiger partial charge in [-0.2, -0.15) is 0 Å². The molecule has 2 heterocycles. The SMILES string of the molecule is Cl.N[C@@H]1CCCN(C(=O)c2ncccc2Br)C1. The molecular weight excluding hydrogens is 305 g/mol. The summed E-state index contributed by atoms with van der Waals surface area (Å²) in [5.74, 6) is -0.0392. The molecule has 0 unspecified atom stereocenters. The van der Waals surface area contributed by atoms with Crippen LogP contribution >= 0.6 is 28.3 Å². The highest BCUT2D eigenvalue weighted by Crippen LogP contribution is 2.17. The molecule has 4 nitrogen and oxygen atoms in total. The number of nitrogens with zero attached hydrogens (tertiary/aromatic N) is 2. The first-order chi connectivity index (χ1) is 7.68. The van der Waals surface area contributed by atoms with Gasteiger partial charge in [-0.15, -0.1) is 12.4 Å². The Morgan fingerprint density at radius 1 is 1.59 bits per heavy atom. The van der Waals surface area contributed by atoms with Crippen molar-refractivity contribution in [1.82, 2.24) is 9.88 Å². The Bertz CT molecular complexity index is 402. The maximum absolute atomic E-state index is 12.1. The quantitative estimate of drug-likeness (QED) is 0.859. The third-order valence-electron chi connectivity index (χ3n) is 2.71. The van der Waals surface area contributed by atoms with Gasteiger partial charge in [0.1, 0.15) is 5.69 Å². The predicted molar refractivity (Wildman–Crippen MR) is 72.3 cm³/mol. The maximum atomic E-state index is 12.1. The number of carbonyl (C=O) groups excluding carboxylic acids is 1. The van der Waals surface area contributed by atoms with E-state index in [2.05, 4.69) is 20.9 Å². The number of aromatic nitrogens is 1. The van der Waals surface area contributed by atoms with Gasteiger partial charge in [-0.1, -0.05) is 0 Å². The van der Waals surface area contributed by atoms with Gasteiger partial charge in [-0.05, 0) is 40.9 Å². The van der Waals surface area contributed by atoms with Crippen molar-refractivity contribution in [3.63, 3.8) is 0 Å². The number of hydrogen-bond donors (Lipinski definition) is 1. The Hall–Kier alpha value is -0.650. The summed E-state index contributed by atoms with van der Waals surface area (Å²) in [7, 11) is 0. The van der Waals surface area contributed by atoms with Crippen molar-refractivity contribution in [1.29, 1.82) is 0 Å². The Morgan fingerprint density at radius 3 is 3.00 bits per heavy atom. The summed E-state index contributed by atoms with van der Waals surface area (Å²) in [4.78, 5) is 18.0. The lowest BCUT2D eigenvalue weighted by molar-refractivity contribution is 0.0702. The van der Waals surface area contributed by atoms with E-state index < -0.39 is 0 Å². The molecule has 0 aromatic carbocycles. The van der Waals surface area contributed by atoms with Crippen molar-refractivity contribution < 1.29 is 4.79 Å². The van der Waals surface area contributed by atoms with Crippen molar-refractivity contribution in [2.45, 2.75) is 18.9 Å². The minimum atomic E-state index is -0.0392. The number of hydrogen-bond acceptors (Lipinski definition) is 3. The van der Waals surface area contributed by atoms with Gasteiger partial charge in [0.25, 0.3) is 5.91 Å². The van der Waals surface area contributed by atoms with Crippen LogP contribution in [-0.2, 0) is 0 Å². The lowest BCUT2D eigenvalue weighted by atomic mass is 10.1. The Labute approximate surface area is 115 Å². The Kier molecular flexibility index (Phi) is 5.36. The molecule has 17 heavy (non-hydrogen) atoms. The monoisotopic (exact) mass is 319 g/mol. The molecule has 2 N–H and O–H groups in total. The molecule has 1 saturated heterocycles. The zero-order valence-corrected chi connectivity index (χ0v) is 11.7. The maximum Gasteiger partial charge on any atom is 0.273 e. The lowest BCUT2D eigenvalue weighted by Gasteiger charge is -2.30. The van der Waals surface area contributed by atoms with Gasteiger partial charge >= 0.3 is 0 Å². The molecule has 1 atom stereocenters. The van der Waals surface area contributed by atoms with Gasteiger partial charge in [0.15, 0.2) is 0 Å². The van der Waals surface area contributed by atoms with Crippen LogP contribution in [0.2, 0.25) is 0 Å². The van der Waals surface area contributed by atoms with Crippen LogP contribution in [0.5, 0.6) is 0 Å². The topological polar surface area (TPSA) is 59.2 Å². The van der Waals surface area contributed by atoms with E-state index in [9.17, 15) is 4.79 Å². The number of likely N-dealkylation sites (tertiary alicyclic amines) is 1. The first kappa shape index (κ1) is 14.4. The lowest BCUT2D eigenvalue weighted by Crippen LogP contribution is -2.46. The molecule has 2 rings (SSSR count). The van der Waals surface area contributed by atoms with Crippen molar-refractivity contribution in [2.75, 3.05) is 13.1 Å². The van der Waals surface area contributed by atoms with Gasteiger partial charge in [-0.25, -0.2) is 4.98 Å². The molecule has 0 saturated carbocycles. The number of halogens is 2. The molecule has 1 aromatic heterocycles. The zero-order chi connectivity index (χ0) is 11.5. The fraction of sp³-hybridized carbons (Fsp3) is 0.455.